The molecule has 6 heteroatoms. The van der Waals surface area contributed by atoms with E-state index in [1.54, 1.807) is 4.90 Å². The van der Waals surface area contributed by atoms with E-state index in [-0.39, 0.29) is 11.7 Å². The van der Waals surface area contributed by atoms with E-state index < -0.39 is 10.0 Å². The fourth-order valence-electron chi connectivity index (χ4n) is 1.83. The third kappa shape index (κ3) is 3.18. The van der Waals surface area contributed by atoms with Gasteiger partial charge in [0.1, 0.15) is 0 Å². The van der Waals surface area contributed by atoms with Crippen molar-refractivity contribution in [1.82, 2.24) is 9.21 Å². The molecule has 0 aromatic carbocycles. The van der Waals surface area contributed by atoms with Crippen LogP contribution in [0.25, 0.3) is 0 Å². The summed E-state index contributed by atoms with van der Waals surface area (Å²) in [4.78, 5) is 13.1. The van der Waals surface area contributed by atoms with Crippen LogP contribution in [-0.2, 0) is 14.8 Å². The van der Waals surface area contributed by atoms with Gasteiger partial charge >= 0.3 is 0 Å². The first-order valence-corrected chi connectivity index (χ1v) is 7.37. The van der Waals surface area contributed by atoms with Crippen LogP contribution in [0.5, 0.6) is 0 Å². The summed E-state index contributed by atoms with van der Waals surface area (Å²) >= 11 is 0. The topological polar surface area (TPSA) is 57.7 Å². The predicted octanol–water partition coefficient (Wildman–Crippen LogP) is 0.280. The van der Waals surface area contributed by atoms with E-state index in [9.17, 15) is 13.2 Å². The van der Waals surface area contributed by atoms with Gasteiger partial charge in [0, 0.05) is 32.6 Å². The highest BCUT2D eigenvalue weighted by molar-refractivity contribution is 7.89. The highest BCUT2D eigenvalue weighted by Crippen LogP contribution is 2.09. The van der Waals surface area contributed by atoms with Crippen LogP contribution in [0.2, 0.25) is 0 Å². The zero-order valence-corrected chi connectivity index (χ0v) is 10.8. The van der Waals surface area contributed by atoms with Gasteiger partial charge in [-0.1, -0.05) is 13.8 Å². The van der Waals surface area contributed by atoms with E-state index >= 15 is 0 Å². The molecule has 5 nitrogen and oxygen atoms in total. The van der Waals surface area contributed by atoms with Crippen LogP contribution in [0.4, 0.5) is 0 Å². The van der Waals surface area contributed by atoms with Gasteiger partial charge in [-0.15, -0.1) is 0 Å². The van der Waals surface area contributed by atoms with Gasteiger partial charge in [-0.25, -0.2) is 8.42 Å². The Labute approximate surface area is 97.5 Å². The Morgan fingerprint density at radius 3 is 2.12 bits per heavy atom. The summed E-state index contributed by atoms with van der Waals surface area (Å²) in [7, 11) is -3.09. The van der Waals surface area contributed by atoms with E-state index in [2.05, 4.69) is 0 Å². The van der Waals surface area contributed by atoms with Gasteiger partial charge in [-0.2, -0.15) is 4.31 Å². The van der Waals surface area contributed by atoms with Crippen LogP contribution >= 0.6 is 0 Å². The predicted molar refractivity (Wildman–Crippen MR) is 62.5 cm³/mol. The highest BCUT2D eigenvalue weighted by Gasteiger charge is 2.27. The van der Waals surface area contributed by atoms with Crippen LogP contribution in [-0.4, -0.2) is 55.5 Å². The van der Waals surface area contributed by atoms with E-state index in [1.165, 1.54) is 4.31 Å². The lowest BCUT2D eigenvalue weighted by Gasteiger charge is -2.33. The molecular formula is C10H20N2O3S. The molecule has 1 heterocycles. The van der Waals surface area contributed by atoms with Gasteiger partial charge in [0.25, 0.3) is 0 Å². The van der Waals surface area contributed by atoms with Crippen LogP contribution in [0.15, 0.2) is 0 Å². The molecule has 94 valence electrons. The summed E-state index contributed by atoms with van der Waals surface area (Å²) in [6, 6.07) is 0. The molecule has 0 aromatic heterocycles. The van der Waals surface area contributed by atoms with Crippen molar-refractivity contribution in [3.05, 3.63) is 0 Å². The number of hydrogen-bond donors (Lipinski definition) is 0. The summed E-state index contributed by atoms with van der Waals surface area (Å²) in [6.45, 7) is 5.60. The standard InChI is InChI=1S/C10H20N2O3S/c1-3-9-16(14,15)12-7-5-11(6-8-12)10(13)4-2/h3-9H2,1-2H3. The maximum Gasteiger partial charge on any atom is 0.222 e. The second kappa shape index (κ2) is 5.63. The van der Waals surface area contributed by atoms with E-state index in [1.807, 2.05) is 13.8 Å². The average molecular weight is 248 g/mol. The summed E-state index contributed by atoms with van der Waals surface area (Å²) < 4.78 is 25.0. The normalized spacial score (nSPS) is 18.8. The highest BCUT2D eigenvalue weighted by atomic mass is 32.2. The maximum atomic E-state index is 11.8. The SMILES string of the molecule is CCCS(=O)(=O)N1CCN(C(=O)CC)CC1. The monoisotopic (exact) mass is 248 g/mol. The molecule has 0 radical (unpaired) electrons. The summed E-state index contributed by atoms with van der Waals surface area (Å²) in [5.74, 6) is 0.307. The summed E-state index contributed by atoms with van der Waals surface area (Å²) in [6.07, 6.45) is 1.12. The fourth-order valence-corrected chi connectivity index (χ4v) is 3.32. The van der Waals surface area contributed by atoms with Gasteiger partial charge in [-0.3, -0.25) is 4.79 Å². The number of amides is 1. The number of rotatable bonds is 4. The molecule has 0 saturated carbocycles. The van der Waals surface area contributed by atoms with Gasteiger partial charge in [0.05, 0.1) is 5.75 Å². The van der Waals surface area contributed by atoms with Gasteiger partial charge < -0.3 is 4.90 Å². The largest absolute Gasteiger partial charge is 0.340 e. The van der Waals surface area contributed by atoms with Crippen molar-refractivity contribution < 1.29 is 13.2 Å². The summed E-state index contributed by atoms with van der Waals surface area (Å²) in [5.41, 5.74) is 0. The molecule has 0 unspecified atom stereocenters. The first kappa shape index (κ1) is 13.4. The van der Waals surface area contributed by atoms with E-state index in [0.29, 0.717) is 39.0 Å². The molecule has 1 rings (SSSR count). The third-order valence-electron chi connectivity index (χ3n) is 2.75. The van der Waals surface area contributed by atoms with Crippen molar-refractivity contribution in [3.63, 3.8) is 0 Å². The quantitative estimate of drug-likeness (QED) is 0.718. The summed E-state index contributed by atoms with van der Waals surface area (Å²) in [5, 5.41) is 0. The van der Waals surface area contributed by atoms with Gasteiger partial charge in [-0.05, 0) is 6.42 Å². The minimum atomic E-state index is -3.09. The molecule has 1 saturated heterocycles. The molecule has 0 N–H and O–H groups in total. The van der Waals surface area contributed by atoms with Crippen molar-refractivity contribution in [1.29, 1.82) is 0 Å². The molecule has 0 spiro atoms. The van der Waals surface area contributed by atoms with Crippen LogP contribution in [0.3, 0.4) is 0 Å². The smallest absolute Gasteiger partial charge is 0.222 e. The Hall–Kier alpha value is -0.620. The maximum absolute atomic E-state index is 11.8. The minimum absolute atomic E-state index is 0.104. The Morgan fingerprint density at radius 1 is 1.12 bits per heavy atom. The van der Waals surface area contributed by atoms with Crippen molar-refractivity contribution in [3.8, 4) is 0 Å². The van der Waals surface area contributed by atoms with Crippen LogP contribution in [0, 0.1) is 0 Å². The van der Waals surface area contributed by atoms with Crippen molar-refractivity contribution in [2.45, 2.75) is 26.7 Å². The van der Waals surface area contributed by atoms with Crippen molar-refractivity contribution >= 4 is 15.9 Å². The van der Waals surface area contributed by atoms with E-state index in [4.69, 9.17) is 0 Å². The fraction of sp³-hybridized carbons (Fsp3) is 0.900. The number of carbonyl (C=O) groups excluding carboxylic acids is 1. The molecule has 1 aliphatic rings. The van der Waals surface area contributed by atoms with Gasteiger partial charge in [0.15, 0.2) is 0 Å². The lowest BCUT2D eigenvalue weighted by Crippen LogP contribution is -2.50. The van der Waals surface area contributed by atoms with Crippen LogP contribution in [0.1, 0.15) is 26.7 Å². The lowest BCUT2D eigenvalue weighted by molar-refractivity contribution is -0.132. The second-order valence-corrected chi connectivity index (χ2v) is 6.04. The van der Waals surface area contributed by atoms with Crippen LogP contribution < -0.4 is 0 Å². The van der Waals surface area contributed by atoms with Gasteiger partial charge in [0.2, 0.25) is 15.9 Å². The van der Waals surface area contributed by atoms with Crippen molar-refractivity contribution in [2.75, 3.05) is 31.9 Å². The Bertz CT molecular complexity index is 332. The average Bonchev–Trinajstić information content (AvgIpc) is 2.28. The number of carbonyl (C=O) groups is 1. The molecule has 0 atom stereocenters. The number of nitrogens with zero attached hydrogens (tertiary/aromatic N) is 2. The molecular weight excluding hydrogens is 228 g/mol. The van der Waals surface area contributed by atoms with Crippen molar-refractivity contribution in [2.24, 2.45) is 0 Å². The molecule has 1 aliphatic heterocycles. The first-order valence-electron chi connectivity index (χ1n) is 5.76. The zero-order chi connectivity index (χ0) is 12.2. The second-order valence-electron chi connectivity index (χ2n) is 3.95. The zero-order valence-electron chi connectivity index (χ0n) is 9.98. The minimum Gasteiger partial charge on any atom is -0.340 e. The molecule has 16 heavy (non-hydrogen) atoms. The molecule has 0 aliphatic carbocycles. The van der Waals surface area contributed by atoms with E-state index in [0.717, 1.165) is 0 Å². The number of hydrogen-bond acceptors (Lipinski definition) is 3. The molecule has 1 fully saturated rings. The number of sulfonamides is 1. The molecule has 0 aromatic rings. The Balaban J connectivity index is 2.52. The Morgan fingerprint density at radius 2 is 1.69 bits per heavy atom. The first-order chi connectivity index (χ1) is 7.51. The molecule has 0 bridgehead atoms. The molecule has 1 amide bonds. The lowest BCUT2D eigenvalue weighted by atomic mass is 10.3. The third-order valence-corrected chi connectivity index (χ3v) is 4.83. The Kier molecular flexibility index (Phi) is 4.73. The number of piperazine rings is 1.